The molecule has 0 saturated heterocycles. The number of carbonyl (C=O) groups excluding carboxylic acids is 3. The highest BCUT2D eigenvalue weighted by Gasteiger charge is 2.31. The van der Waals surface area contributed by atoms with E-state index in [9.17, 15) is 14.4 Å². The molecule has 0 aliphatic rings. The molecule has 0 heterocycles. The van der Waals surface area contributed by atoms with E-state index in [1.54, 1.807) is 24.3 Å². The second-order valence-electron chi connectivity index (χ2n) is 5.17. The summed E-state index contributed by atoms with van der Waals surface area (Å²) in [5, 5.41) is 0. The summed E-state index contributed by atoms with van der Waals surface area (Å²) in [6, 6.07) is 7.93. The van der Waals surface area contributed by atoms with Gasteiger partial charge in [-0.15, -0.1) is 0 Å². The average molecular weight is 290 g/mol. The van der Waals surface area contributed by atoms with Crippen molar-refractivity contribution in [1.29, 1.82) is 0 Å². The highest BCUT2D eigenvalue weighted by molar-refractivity contribution is 6.00. The lowest BCUT2D eigenvalue weighted by Gasteiger charge is -2.32. The lowest BCUT2D eigenvalue weighted by atomic mass is 9.96. The van der Waals surface area contributed by atoms with Crippen molar-refractivity contribution in [2.45, 2.75) is 33.2 Å². The second-order valence-corrected chi connectivity index (χ2v) is 5.17. The fourth-order valence-electron chi connectivity index (χ4n) is 2.24. The number of nitrogens with zero attached hydrogens (tertiary/aromatic N) is 1. The molecule has 5 heteroatoms. The Morgan fingerprint density at radius 3 is 2.19 bits per heavy atom. The number of hydrogen-bond acceptors (Lipinski definition) is 3. The first kappa shape index (κ1) is 16.9. The smallest absolute Gasteiger partial charge is 0.240 e. The van der Waals surface area contributed by atoms with Crippen LogP contribution in [0.25, 0.3) is 0 Å². The fourth-order valence-corrected chi connectivity index (χ4v) is 2.24. The number of carbonyl (C=O) groups is 3. The molecule has 0 aliphatic carbocycles. The molecule has 5 nitrogen and oxygen atoms in total. The molecule has 2 atom stereocenters. The highest BCUT2D eigenvalue weighted by Crippen LogP contribution is 2.16. The third kappa shape index (κ3) is 4.41. The molecule has 0 aromatic heterocycles. The third-order valence-electron chi connectivity index (χ3n) is 3.62. The van der Waals surface area contributed by atoms with E-state index in [2.05, 4.69) is 0 Å². The van der Waals surface area contributed by atoms with E-state index in [4.69, 9.17) is 5.73 Å². The Kier molecular flexibility index (Phi) is 6.09. The van der Waals surface area contributed by atoms with Crippen molar-refractivity contribution >= 4 is 17.6 Å². The van der Waals surface area contributed by atoms with Crippen LogP contribution in [0.1, 0.15) is 37.6 Å². The van der Waals surface area contributed by atoms with Crippen molar-refractivity contribution in [2.75, 3.05) is 6.54 Å². The normalized spacial score (nSPS) is 13.3. The molecule has 114 valence electrons. The lowest BCUT2D eigenvalue weighted by Crippen LogP contribution is -2.52. The molecule has 2 amide bonds. The molecule has 1 aromatic carbocycles. The molecule has 0 saturated carbocycles. The van der Waals surface area contributed by atoms with E-state index in [1.165, 1.54) is 11.8 Å². The summed E-state index contributed by atoms with van der Waals surface area (Å²) in [7, 11) is 0. The Hall–Kier alpha value is -2.17. The van der Waals surface area contributed by atoms with Gasteiger partial charge in [-0.05, 0) is 5.92 Å². The Balaban J connectivity index is 2.99. The van der Waals surface area contributed by atoms with Gasteiger partial charge < -0.3 is 10.6 Å². The number of amides is 2. The monoisotopic (exact) mass is 290 g/mol. The zero-order valence-electron chi connectivity index (χ0n) is 12.7. The SMILES string of the molecule is CCC(C)C(C(N)=O)N(CC(=O)c1ccccc1)C(C)=O. The molecule has 0 aliphatic heterocycles. The molecule has 0 radical (unpaired) electrons. The van der Waals surface area contributed by atoms with E-state index in [0.717, 1.165) is 0 Å². The summed E-state index contributed by atoms with van der Waals surface area (Å²) in [5.41, 5.74) is 5.93. The van der Waals surface area contributed by atoms with Crippen LogP contribution in [-0.4, -0.2) is 35.1 Å². The van der Waals surface area contributed by atoms with Crippen LogP contribution in [0, 0.1) is 5.92 Å². The molecule has 2 N–H and O–H groups in total. The van der Waals surface area contributed by atoms with Crippen LogP contribution in [0.5, 0.6) is 0 Å². The highest BCUT2D eigenvalue weighted by atomic mass is 16.2. The van der Waals surface area contributed by atoms with Gasteiger partial charge in [-0.1, -0.05) is 50.6 Å². The number of benzene rings is 1. The van der Waals surface area contributed by atoms with Crippen molar-refractivity contribution in [3.63, 3.8) is 0 Å². The zero-order valence-corrected chi connectivity index (χ0v) is 12.7. The Morgan fingerprint density at radius 2 is 1.76 bits per heavy atom. The molecule has 21 heavy (non-hydrogen) atoms. The molecular formula is C16H22N2O3. The number of hydrogen-bond donors (Lipinski definition) is 1. The van der Waals surface area contributed by atoms with Crippen molar-refractivity contribution < 1.29 is 14.4 Å². The molecule has 1 aromatic rings. The summed E-state index contributed by atoms with van der Waals surface area (Å²) in [6.07, 6.45) is 0.691. The summed E-state index contributed by atoms with van der Waals surface area (Å²) in [5.74, 6) is -1.22. The van der Waals surface area contributed by atoms with Gasteiger partial charge in [0.25, 0.3) is 0 Å². The standard InChI is InChI=1S/C16H22N2O3/c1-4-11(2)15(16(17)21)18(12(3)19)10-14(20)13-8-6-5-7-9-13/h5-9,11,15H,4,10H2,1-3H3,(H2,17,21). The van der Waals surface area contributed by atoms with E-state index in [-0.39, 0.29) is 24.2 Å². The molecule has 0 spiro atoms. The average Bonchev–Trinajstić information content (AvgIpc) is 2.46. The maximum atomic E-state index is 12.3. The van der Waals surface area contributed by atoms with Crippen molar-refractivity contribution in [2.24, 2.45) is 11.7 Å². The first-order chi connectivity index (χ1) is 9.88. The van der Waals surface area contributed by atoms with Crippen LogP contribution in [0.4, 0.5) is 0 Å². The second kappa shape index (κ2) is 7.57. The molecule has 0 bridgehead atoms. The molecule has 1 rings (SSSR count). The number of primary amides is 1. The van der Waals surface area contributed by atoms with Gasteiger partial charge in [0.05, 0.1) is 6.54 Å². The van der Waals surface area contributed by atoms with Crippen LogP contribution in [0.2, 0.25) is 0 Å². The Labute approximate surface area is 125 Å². The quantitative estimate of drug-likeness (QED) is 0.775. The minimum Gasteiger partial charge on any atom is -0.368 e. The maximum Gasteiger partial charge on any atom is 0.240 e. The summed E-state index contributed by atoms with van der Waals surface area (Å²) < 4.78 is 0. The van der Waals surface area contributed by atoms with Gasteiger partial charge in [-0.25, -0.2) is 0 Å². The summed E-state index contributed by atoms with van der Waals surface area (Å²) >= 11 is 0. The Morgan fingerprint density at radius 1 is 1.19 bits per heavy atom. The zero-order chi connectivity index (χ0) is 16.0. The first-order valence-electron chi connectivity index (χ1n) is 7.03. The van der Waals surface area contributed by atoms with Crippen molar-refractivity contribution in [3.05, 3.63) is 35.9 Å². The van der Waals surface area contributed by atoms with Crippen LogP contribution >= 0.6 is 0 Å². The lowest BCUT2D eigenvalue weighted by molar-refractivity contribution is -0.138. The number of rotatable bonds is 7. The molecule has 2 unspecified atom stereocenters. The van der Waals surface area contributed by atoms with E-state index in [0.29, 0.717) is 12.0 Å². The minimum atomic E-state index is -0.764. The third-order valence-corrected chi connectivity index (χ3v) is 3.62. The summed E-state index contributed by atoms with van der Waals surface area (Å²) in [4.78, 5) is 37.0. The van der Waals surface area contributed by atoms with Gasteiger partial charge in [0.2, 0.25) is 11.8 Å². The number of Topliss-reactive ketones (excluding diaryl/α,β-unsaturated/α-hetero) is 1. The van der Waals surface area contributed by atoms with Gasteiger partial charge in [0.1, 0.15) is 6.04 Å². The first-order valence-corrected chi connectivity index (χ1v) is 7.03. The van der Waals surface area contributed by atoms with E-state index in [1.807, 2.05) is 19.9 Å². The van der Waals surface area contributed by atoms with Gasteiger partial charge in [-0.3, -0.25) is 14.4 Å². The van der Waals surface area contributed by atoms with Gasteiger partial charge >= 0.3 is 0 Å². The largest absolute Gasteiger partial charge is 0.368 e. The predicted octanol–water partition coefficient (Wildman–Crippen LogP) is 1.62. The molecule has 0 fully saturated rings. The summed E-state index contributed by atoms with van der Waals surface area (Å²) in [6.45, 7) is 4.96. The van der Waals surface area contributed by atoms with Gasteiger partial charge in [0.15, 0.2) is 5.78 Å². The predicted molar refractivity (Wildman–Crippen MR) is 80.6 cm³/mol. The van der Waals surface area contributed by atoms with Crippen LogP contribution in [0.15, 0.2) is 30.3 Å². The van der Waals surface area contributed by atoms with Gasteiger partial charge in [0, 0.05) is 12.5 Å². The number of ketones is 1. The van der Waals surface area contributed by atoms with Crippen molar-refractivity contribution in [1.82, 2.24) is 4.90 Å². The van der Waals surface area contributed by atoms with E-state index >= 15 is 0 Å². The van der Waals surface area contributed by atoms with Crippen LogP contribution in [-0.2, 0) is 9.59 Å². The maximum absolute atomic E-state index is 12.3. The Bertz CT molecular complexity index is 514. The van der Waals surface area contributed by atoms with Crippen LogP contribution in [0.3, 0.4) is 0 Å². The van der Waals surface area contributed by atoms with Crippen molar-refractivity contribution in [3.8, 4) is 0 Å². The fraction of sp³-hybridized carbons (Fsp3) is 0.438. The molecular weight excluding hydrogens is 268 g/mol. The van der Waals surface area contributed by atoms with E-state index < -0.39 is 11.9 Å². The topological polar surface area (TPSA) is 80.5 Å². The number of nitrogens with two attached hydrogens (primary N) is 1. The van der Waals surface area contributed by atoms with Gasteiger partial charge in [-0.2, -0.15) is 0 Å². The minimum absolute atomic E-state index is 0.102. The van der Waals surface area contributed by atoms with Crippen LogP contribution < -0.4 is 5.73 Å².